The van der Waals surface area contributed by atoms with E-state index >= 15 is 0 Å². The van der Waals surface area contributed by atoms with Crippen LogP contribution in [0.2, 0.25) is 5.02 Å². The second-order valence-corrected chi connectivity index (χ2v) is 6.87. The number of halogens is 2. The second kappa shape index (κ2) is 8.01. The summed E-state index contributed by atoms with van der Waals surface area (Å²) in [5.74, 6) is 0.725. The maximum atomic E-state index is 6.28. The van der Waals surface area contributed by atoms with Gasteiger partial charge in [0.2, 0.25) is 0 Å². The van der Waals surface area contributed by atoms with E-state index in [9.17, 15) is 0 Å². The monoisotopic (exact) mass is 415 g/mol. The third kappa shape index (κ3) is 5.49. The van der Waals surface area contributed by atoms with Crippen LogP contribution in [0.1, 0.15) is 25.0 Å². The van der Waals surface area contributed by atoms with Crippen molar-refractivity contribution in [1.29, 1.82) is 0 Å². The molecule has 112 valence electrons. The molecule has 0 unspecified atom stereocenters. The van der Waals surface area contributed by atoms with Gasteiger partial charge in [-0.15, -0.1) is 0 Å². The summed E-state index contributed by atoms with van der Waals surface area (Å²) in [4.78, 5) is 0. The Kier molecular flexibility index (Phi) is 6.33. The summed E-state index contributed by atoms with van der Waals surface area (Å²) < 4.78 is 7.01. The van der Waals surface area contributed by atoms with Gasteiger partial charge in [-0.1, -0.05) is 43.6 Å². The summed E-state index contributed by atoms with van der Waals surface area (Å²) in [5, 5.41) is 4.03. The molecule has 0 saturated carbocycles. The molecule has 2 rings (SSSR count). The minimum absolute atomic E-state index is 0.459. The van der Waals surface area contributed by atoms with Gasteiger partial charge < -0.3 is 10.1 Å². The molecule has 0 heterocycles. The van der Waals surface area contributed by atoms with E-state index in [0.29, 0.717) is 17.7 Å². The molecule has 2 nitrogen and oxygen atoms in total. The summed E-state index contributed by atoms with van der Waals surface area (Å²) in [5.41, 5.74) is 2.30. The van der Waals surface area contributed by atoms with Gasteiger partial charge in [0.1, 0.15) is 12.4 Å². The lowest BCUT2D eigenvalue weighted by Gasteiger charge is -2.11. The first kappa shape index (κ1) is 16.6. The van der Waals surface area contributed by atoms with Crippen LogP contribution < -0.4 is 10.1 Å². The van der Waals surface area contributed by atoms with Gasteiger partial charge >= 0.3 is 0 Å². The first-order valence-corrected chi connectivity index (χ1v) is 8.39. The fraction of sp³-hybridized carbons (Fsp3) is 0.294. The molecule has 0 spiro atoms. The van der Waals surface area contributed by atoms with Crippen molar-refractivity contribution >= 4 is 34.2 Å². The first-order chi connectivity index (χ1) is 10.0. The van der Waals surface area contributed by atoms with Crippen LogP contribution in [0.25, 0.3) is 0 Å². The zero-order valence-corrected chi connectivity index (χ0v) is 15.1. The normalized spacial score (nSPS) is 10.9. The molecule has 0 radical (unpaired) electrons. The highest BCUT2D eigenvalue weighted by Gasteiger charge is 2.04. The van der Waals surface area contributed by atoms with E-state index in [0.717, 1.165) is 23.4 Å². The minimum atomic E-state index is 0.459. The minimum Gasteiger partial charge on any atom is -0.487 e. The SMILES string of the molecule is CC(C)NCc1ccc(OCc2ccc(I)cc2)c(Cl)c1. The van der Waals surface area contributed by atoms with Crippen LogP contribution in [0.3, 0.4) is 0 Å². The lowest BCUT2D eigenvalue weighted by Crippen LogP contribution is -2.21. The predicted octanol–water partition coefficient (Wildman–Crippen LogP) is 5.02. The van der Waals surface area contributed by atoms with E-state index in [1.54, 1.807) is 0 Å². The molecule has 4 heteroatoms. The molecule has 2 aromatic carbocycles. The Morgan fingerprint density at radius 1 is 1.10 bits per heavy atom. The van der Waals surface area contributed by atoms with E-state index in [2.05, 4.69) is 66.0 Å². The van der Waals surface area contributed by atoms with E-state index < -0.39 is 0 Å². The molecule has 0 aromatic heterocycles. The Morgan fingerprint density at radius 2 is 1.76 bits per heavy atom. The standard InChI is InChI=1S/C17H19ClINO/c1-12(2)20-10-14-5-8-17(16(18)9-14)21-11-13-3-6-15(19)7-4-13/h3-9,12,20H,10-11H2,1-2H3. The number of hydrogen-bond donors (Lipinski definition) is 1. The maximum absolute atomic E-state index is 6.28. The zero-order valence-electron chi connectivity index (χ0n) is 12.2. The van der Waals surface area contributed by atoms with Crippen LogP contribution >= 0.6 is 34.2 Å². The van der Waals surface area contributed by atoms with Gasteiger partial charge in [-0.05, 0) is 58.0 Å². The van der Waals surface area contributed by atoms with Crippen molar-refractivity contribution in [2.75, 3.05) is 0 Å². The molecule has 1 N–H and O–H groups in total. The van der Waals surface area contributed by atoms with Crippen molar-refractivity contribution in [3.8, 4) is 5.75 Å². The number of benzene rings is 2. The average Bonchev–Trinajstić information content (AvgIpc) is 2.46. The lowest BCUT2D eigenvalue weighted by atomic mass is 10.2. The van der Waals surface area contributed by atoms with E-state index in [1.807, 2.05) is 18.2 Å². The quantitative estimate of drug-likeness (QED) is 0.669. The van der Waals surface area contributed by atoms with Gasteiger partial charge in [-0.25, -0.2) is 0 Å². The first-order valence-electron chi connectivity index (χ1n) is 6.93. The third-order valence-electron chi connectivity index (χ3n) is 3.02. The third-order valence-corrected chi connectivity index (χ3v) is 4.03. The molecule has 21 heavy (non-hydrogen) atoms. The topological polar surface area (TPSA) is 21.3 Å². The van der Waals surface area contributed by atoms with Crippen LogP contribution in [0.5, 0.6) is 5.75 Å². The van der Waals surface area contributed by atoms with Crippen LogP contribution in [0.15, 0.2) is 42.5 Å². The Balaban J connectivity index is 1.95. The molecule has 0 amide bonds. The van der Waals surface area contributed by atoms with Gasteiger partial charge in [-0.2, -0.15) is 0 Å². The van der Waals surface area contributed by atoms with Gasteiger partial charge in [0.25, 0.3) is 0 Å². The van der Waals surface area contributed by atoms with Crippen LogP contribution in [0.4, 0.5) is 0 Å². The fourth-order valence-corrected chi connectivity index (χ4v) is 2.45. The summed E-state index contributed by atoms with van der Waals surface area (Å²) in [6.45, 7) is 5.59. The van der Waals surface area contributed by atoms with Gasteiger partial charge in [0.05, 0.1) is 5.02 Å². The van der Waals surface area contributed by atoms with E-state index in [-0.39, 0.29) is 0 Å². The van der Waals surface area contributed by atoms with Gasteiger partial charge in [0, 0.05) is 16.2 Å². The number of rotatable bonds is 6. The van der Waals surface area contributed by atoms with E-state index in [1.165, 1.54) is 3.57 Å². The maximum Gasteiger partial charge on any atom is 0.138 e. The summed E-state index contributed by atoms with van der Waals surface area (Å²) in [7, 11) is 0. The van der Waals surface area contributed by atoms with Gasteiger partial charge in [-0.3, -0.25) is 0 Å². The van der Waals surface area contributed by atoms with Crippen LogP contribution in [0, 0.1) is 3.57 Å². The second-order valence-electron chi connectivity index (χ2n) is 5.22. The van der Waals surface area contributed by atoms with Crippen molar-refractivity contribution in [3.05, 3.63) is 62.2 Å². The predicted molar refractivity (Wildman–Crippen MR) is 96.9 cm³/mol. The molecular weight excluding hydrogens is 397 g/mol. The molecule has 2 aromatic rings. The Morgan fingerprint density at radius 3 is 2.38 bits per heavy atom. The van der Waals surface area contributed by atoms with Gasteiger partial charge in [0.15, 0.2) is 0 Å². The Hall–Kier alpha value is -0.780. The fourth-order valence-electron chi connectivity index (χ4n) is 1.84. The van der Waals surface area contributed by atoms with Crippen LogP contribution in [-0.4, -0.2) is 6.04 Å². The van der Waals surface area contributed by atoms with Crippen molar-refractivity contribution in [3.63, 3.8) is 0 Å². The highest BCUT2D eigenvalue weighted by Crippen LogP contribution is 2.26. The molecule has 0 bridgehead atoms. The smallest absolute Gasteiger partial charge is 0.138 e. The molecule has 0 saturated heterocycles. The number of nitrogens with one attached hydrogen (secondary N) is 1. The summed E-state index contributed by atoms with van der Waals surface area (Å²) in [6.07, 6.45) is 0. The molecular formula is C17H19ClINO. The zero-order chi connectivity index (χ0) is 15.2. The Bertz CT molecular complexity index is 584. The molecule has 0 aliphatic carbocycles. The molecule has 0 fully saturated rings. The summed E-state index contributed by atoms with van der Waals surface area (Å²) in [6, 6.07) is 14.7. The highest BCUT2D eigenvalue weighted by atomic mass is 127. The van der Waals surface area contributed by atoms with Crippen molar-refractivity contribution in [2.24, 2.45) is 0 Å². The van der Waals surface area contributed by atoms with Crippen molar-refractivity contribution < 1.29 is 4.74 Å². The Labute approximate surface area is 145 Å². The molecule has 0 aliphatic heterocycles. The number of ether oxygens (including phenoxy) is 1. The van der Waals surface area contributed by atoms with Crippen molar-refractivity contribution in [2.45, 2.75) is 33.0 Å². The van der Waals surface area contributed by atoms with Crippen molar-refractivity contribution in [1.82, 2.24) is 5.32 Å². The largest absolute Gasteiger partial charge is 0.487 e. The lowest BCUT2D eigenvalue weighted by molar-refractivity contribution is 0.306. The summed E-state index contributed by atoms with van der Waals surface area (Å²) >= 11 is 8.57. The average molecular weight is 416 g/mol. The molecule has 0 aliphatic rings. The molecule has 0 atom stereocenters. The van der Waals surface area contributed by atoms with E-state index in [4.69, 9.17) is 16.3 Å². The van der Waals surface area contributed by atoms with Crippen LogP contribution in [-0.2, 0) is 13.2 Å². The highest BCUT2D eigenvalue weighted by molar-refractivity contribution is 14.1. The number of hydrogen-bond acceptors (Lipinski definition) is 2.